The Hall–Kier alpha value is -3.89. The van der Waals surface area contributed by atoms with E-state index in [1.807, 2.05) is 42.6 Å². The van der Waals surface area contributed by atoms with Crippen molar-refractivity contribution >= 4 is 26.6 Å². The summed E-state index contributed by atoms with van der Waals surface area (Å²) in [7, 11) is -3.24. The molecule has 0 spiro atoms. The Balaban J connectivity index is 1.46. The van der Waals surface area contributed by atoms with Crippen molar-refractivity contribution in [3.05, 3.63) is 101 Å². The molecule has 1 heterocycles. The van der Waals surface area contributed by atoms with Crippen LogP contribution >= 0.6 is 0 Å². The Bertz CT molecular complexity index is 1460. The van der Waals surface area contributed by atoms with Crippen LogP contribution in [0.3, 0.4) is 0 Å². The number of carbonyl (C=O) groups excluding carboxylic acids is 1. The Morgan fingerprint density at radius 1 is 1.03 bits per heavy atom. The molecule has 4 aromatic rings. The fourth-order valence-electron chi connectivity index (χ4n) is 3.70. The number of rotatable bonds is 7. The second-order valence-electron chi connectivity index (χ2n) is 7.72. The maximum atomic E-state index is 12.7. The van der Waals surface area contributed by atoms with Crippen molar-refractivity contribution in [2.75, 3.05) is 5.75 Å². The van der Waals surface area contributed by atoms with Gasteiger partial charge in [-0.15, -0.1) is 0 Å². The van der Waals surface area contributed by atoms with Gasteiger partial charge >= 0.3 is 0 Å². The zero-order chi connectivity index (χ0) is 23.4. The van der Waals surface area contributed by atoms with Crippen molar-refractivity contribution in [3.63, 3.8) is 0 Å². The normalized spacial score (nSPS) is 11.3. The molecule has 6 nitrogen and oxygen atoms in total. The minimum Gasteiger partial charge on any atom is -0.348 e. The summed E-state index contributed by atoms with van der Waals surface area (Å²) in [5.74, 6) is -0.150. The summed E-state index contributed by atoms with van der Waals surface area (Å²) in [5.41, 5.74) is 3.93. The summed E-state index contributed by atoms with van der Waals surface area (Å²) in [5, 5.41) is 13.1. The van der Waals surface area contributed by atoms with Gasteiger partial charge < -0.3 is 9.88 Å². The van der Waals surface area contributed by atoms with E-state index in [1.165, 1.54) is 0 Å². The molecular weight excluding hydrogens is 434 g/mol. The van der Waals surface area contributed by atoms with Gasteiger partial charge in [-0.05, 0) is 53.6 Å². The van der Waals surface area contributed by atoms with Crippen LogP contribution in [0.2, 0.25) is 0 Å². The lowest BCUT2D eigenvalue weighted by Gasteiger charge is -2.09. The molecule has 1 aromatic heterocycles. The molecule has 166 valence electrons. The fraction of sp³-hybridized carbons (Fsp3) is 0.154. The van der Waals surface area contributed by atoms with Gasteiger partial charge in [0.2, 0.25) is 0 Å². The van der Waals surface area contributed by atoms with Crippen LogP contribution in [0.5, 0.6) is 0 Å². The maximum absolute atomic E-state index is 12.7. The molecule has 7 heteroatoms. The zero-order valence-electron chi connectivity index (χ0n) is 18.2. The molecule has 33 heavy (non-hydrogen) atoms. The standard InChI is InChI=1S/C26H23N3O3S/c1-2-33(31,32)24-10-7-19(8-11-24)17-28-26(30)21-9-12-25-20(15-21)13-14-29(25)18-23-6-4-3-5-22(23)16-27/h3-15H,2,17-18H2,1H3,(H,28,30). The van der Waals surface area contributed by atoms with Gasteiger partial charge in [-0.2, -0.15) is 5.26 Å². The highest BCUT2D eigenvalue weighted by molar-refractivity contribution is 7.91. The lowest BCUT2D eigenvalue weighted by Crippen LogP contribution is -2.22. The van der Waals surface area contributed by atoms with Crippen LogP contribution in [0, 0.1) is 11.3 Å². The van der Waals surface area contributed by atoms with Gasteiger partial charge in [0.1, 0.15) is 0 Å². The van der Waals surface area contributed by atoms with E-state index in [2.05, 4.69) is 16.0 Å². The lowest BCUT2D eigenvalue weighted by atomic mass is 10.1. The van der Waals surface area contributed by atoms with E-state index in [-0.39, 0.29) is 16.6 Å². The molecule has 0 aliphatic rings. The van der Waals surface area contributed by atoms with Crippen LogP contribution in [0.1, 0.15) is 34.0 Å². The molecule has 1 amide bonds. The molecule has 4 rings (SSSR count). The van der Waals surface area contributed by atoms with E-state index in [4.69, 9.17) is 0 Å². The minimum atomic E-state index is -3.24. The monoisotopic (exact) mass is 457 g/mol. The number of amides is 1. The third kappa shape index (κ3) is 4.81. The minimum absolute atomic E-state index is 0.0537. The fourth-order valence-corrected chi connectivity index (χ4v) is 4.58. The van der Waals surface area contributed by atoms with Gasteiger partial charge in [-0.25, -0.2) is 8.42 Å². The van der Waals surface area contributed by atoms with Crippen molar-refractivity contribution in [1.29, 1.82) is 5.26 Å². The molecule has 0 bridgehead atoms. The highest BCUT2D eigenvalue weighted by Crippen LogP contribution is 2.20. The van der Waals surface area contributed by atoms with Gasteiger partial charge in [0.15, 0.2) is 9.84 Å². The number of hydrogen-bond acceptors (Lipinski definition) is 4. The molecule has 0 unspecified atom stereocenters. The lowest BCUT2D eigenvalue weighted by molar-refractivity contribution is 0.0951. The van der Waals surface area contributed by atoms with Crippen LogP contribution in [-0.2, 0) is 22.9 Å². The quantitative estimate of drug-likeness (QED) is 0.448. The number of nitrogens with zero attached hydrogens (tertiary/aromatic N) is 2. The van der Waals surface area contributed by atoms with Crippen LogP contribution in [0.25, 0.3) is 10.9 Å². The summed E-state index contributed by atoms with van der Waals surface area (Å²) in [6.07, 6.45) is 1.95. The van der Waals surface area contributed by atoms with Crippen molar-refractivity contribution in [2.24, 2.45) is 0 Å². The molecule has 0 aliphatic carbocycles. The molecule has 0 radical (unpaired) electrons. The number of hydrogen-bond donors (Lipinski definition) is 1. The first-order valence-electron chi connectivity index (χ1n) is 10.6. The van der Waals surface area contributed by atoms with Gasteiger partial charge in [0, 0.05) is 35.8 Å². The predicted molar refractivity (Wildman–Crippen MR) is 128 cm³/mol. The number of nitrogens with one attached hydrogen (secondary N) is 1. The second kappa shape index (κ2) is 9.31. The highest BCUT2D eigenvalue weighted by atomic mass is 32.2. The SMILES string of the molecule is CCS(=O)(=O)c1ccc(CNC(=O)c2ccc3c(ccn3Cc3ccccc3C#N)c2)cc1. The van der Waals surface area contributed by atoms with Crippen molar-refractivity contribution < 1.29 is 13.2 Å². The Morgan fingerprint density at radius 2 is 1.79 bits per heavy atom. The summed E-state index contributed by atoms with van der Waals surface area (Å²) in [4.78, 5) is 13.0. The van der Waals surface area contributed by atoms with Crippen molar-refractivity contribution in [2.45, 2.75) is 24.9 Å². The van der Waals surface area contributed by atoms with E-state index in [9.17, 15) is 18.5 Å². The number of nitriles is 1. The topological polar surface area (TPSA) is 92.0 Å². The van der Waals surface area contributed by atoms with Crippen molar-refractivity contribution in [3.8, 4) is 6.07 Å². The molecule has 0 atom stereocenters. The summed E-state index contributed by atoms with van der Waals surface area (Å²) < 4.78 is 25.9. The molecule has 0 aliphatic heterocycles. The first-order chi connectivity index (χ1) is 15.9. The first kappa shape index (κ1) is 22.3. The number of sulfone groups is 1. The third-order valence-corrected chi connectivity index (χ3v) is 7.38. The maximum Gasteiger partial charge on any atom is 0.251 e. The average Bonchev–Trinajstić information content (AvgIpc) is 3.25. The van der Waals surface area contributed by atoms with Crippen LogP contribution < -0.4 is 5.32 Å². The van der Waals surface area contributed by atoms with Crippen molar-refractivity contribution in [1.82, 2.24) is 9.88 Å². The van der Waals surface area contributed by atoms with E-state index >= 15 is 0 Å². The van der Waals surface area contributed by atoms with Gasteiger partial charge in [0.25, 0.3) is 5.91 Å². The third-order valence-electron chi connectivity index (χ3n) is 5.63. The smallest absolute Gasteiger partial charge is 0.251 e. The van der Waals surface area contributed by atoms with Gasteiger partial charge in [0.05, 0.1) is 22.3 Å². The van der Waals surface area contributed by atoms with E-state index in [1.54, 1.807) is 43.3 Å². The summed E-state index contributed by atoms with van der Waals surface area (Å²) >= 11 is 0. The van der Waals surface area contributed by atoms with E-state index < -0.39 is 9.84 Å². The molecule has 1 N–H and O–H groups in total. The van der Waals surface area contributed by atoms with Gasteiger partial charge in [-0.3, -0.25) is 4.79 Å². The Kier molecular flexibility index (Phi) is 6.29. The second-order valence-corrected chi connectivity index (χ2v) is 9.99. The summed E-state index contributed by atoms with van der Waals surface area (Å²) in [6.45, 7) is 2.48. The number of carbonyl (C=O) groups is 1. The molecule has 0 fully saturated rings. The molecular formula is C26H23N3O3S. The Labute approximate surface area is 193 Å². The number of fused-ring (bicyclic) bond motifs is 1. The molecule has 0 saturated heterocycles. The predicted octanol–water partition coefficient (Wildman–Crippen LogP) is 4.28. The van der Waals surface area contributed by atoms with Crippen LogP contribution in [0.4, 0.5) is 0 Å². The highest BCUT2D eigenvalue weighted by Gasteiger charge is 2.12. The van der Waals surface area contributed by atoms with E-state index in [0.29, 0.717) is 24.2 Å². The average molecular weight is 458 g/mol. The van der Waals surface area contributed by atoms with Gasteiger partial charge in [-0.1, -0.05) is 37.3 Å². The number of benzene rings is 3. The first-order valence-corrected chi connectivity index (χ1v) is 12.2. The Morgan fingerprint density at radius 3 is 2.52 bits per heavy atom. The van der Waals surface area contributed by atoms with Crippen LogP contribution in [0.15, 0.2) is 83.9 Å². The summed E-state index contributed by atoms with van der Waals surface area (Å²) in [6, 6.07) is 23.8. The zero-order valence-corrected chi connectivity index (χ0v) is 19.0. The van der Waals surface area contributed by atoms with Crippen LogP contribution in [-0.4, -0.2) is 24.6 Å². The number of aromatic nitrogens is 1. The molecule has 0 saturated carbocycles. The largest absolute Gasteiger partial charge is 0.348 e. The molecule has 3 aromatic carbocycles. The van der Waals surface area contributed by atoms with E-state index in [0.717, 1.165) is 22.0 Å².